The van der Waals surface area contributed by atoms with E-state index in [4.69, 9.17) is 5.73 Å². The molecule has 3 N–H and O–H groups in total. The van der Waals surface area contributed by atoms with Gasteiger partial charge in [0.2, 0.25) is 5.91 Å². The number of halogens is 1. The van der Waals surface area contributed by atoms with Crippen molar-refractivity contribution < 1.29 is 4.79 Å². The fourth-order valence-corrected chi connectivity index (χ4v) is 1.97. The van der Waals surface area contributed by atoms with Gasteiger partial charge >= 0.3 is 0 Å². The Kier molecular flexibility index (Phi) is 4.93. The van der Waals surface area contributed by atoms with Gasteiger partial charge in [0.25, 0.3) is 0 Å². The number of nitrogens with two attached hydrogens (primary N) is 1. The largest absolute Gasteiger partial charge is 0.348 e. The van der Waals surface area contributed by atoms with E-state index in [-0.39, 0.29) is 17.4 Å². The lowest BCUT2D eigenvalue weighted by molar-refractivity contribution is -0.125. The minimum atomic E-state index is -0.507. The molecule has 0 aliphatic rings. The average Bonchev–Trinajstić information content (AvgIpc) is 2.26. The Labute approximate surface area is 117 Å². The Bertz CT molecular complexity index is 426. The van der Waals surface area contributed by atoms with Gasteiger partial charge in [0, 0.05) is 4.47 Å². The molecule has 3 nitrogen and oxygen atoms in total. The molecule has 0 saturated carbocycles. The van der Waals surface area contributed by atoms with Gasteiger partial charge < -0.3 is 11.1 Å². The molecular formula is C14H21BrN2O. The van der Waals surface area contributed by atoms with Crippen LogP contribution in [0.2, 0.25) is 0 Å². The molecule has 4 heteroatoms. The van der Waals surface area contributed by atoms with E-state index in [9.17, 15) is 4.79 Å². The Balaban J connectivity index is 2.71. The zero-order valence-electron chi connectivity index (χ0n) is 11.3. The van der Waals surface area contributed by atoms with Crippen LogP contribution in [0.3, 0.4) is 0 Å². The van der Waals surface area contributed by atoms with Crippen LogP contribution >= 0.6 is 15.9 Å². The molecule has 0 aliphatic heterocycles. The summed E-state index contributed by atoms with van der Waals surface area (Å²) >= 11 is 3.42. The SMILES string of the molecule is CC(NC(=O)[C@H](N)C(C)(C)C)c1cccc(Br)c1. The number of carbonyl (C=O) groups excluding carboxylic acids is 1. The highest BCUT2D eigenvalue weighted by atomic mass is 79.9. The molecule has 0 aromatic heterocycles. The second-order valence-electron chi connectivity index (χ2n) is 5.63. The smallest absolute Gasteiger partial charge is 0.237 e. The summed E-state index contributed by atoms with van der Waals surface area (Å²) in [7, 11) is 0. The van der Waals surface area contributed by atoms with Gasteiger partial charge in [-0.25, -0.2) is 0 Å². The first-order valence-electron chi connectivity index (χ1n) is 6.03. The molecular weight excluding hydrogens is 292 g/mol. The molecule has 1 rings (SSSR count). The van der Waals surface area contributed by atoms with E-state index in [0.717, 1.165) is 10.0 Å². The Hall–Kier alpha value is -0.870. The summed E-state index contributed by atoms with van der Waals surface area (Å²) in [5.74, 6) is -0.116. The molecule has 0 aliphatic carbocycles. The molecule has 0 radical (unpaired) electrons. The minimum Gasteiger partial charge on any atom is -0.348 e. The van der Waals surface area contributed by atoms with Crippen LogP contribution in [-0.4, -0.2) is 11.9 Å². The van der Waals surface area contributed by atoms with Gasteiger partial charge in [-0.1, -0.05) is 48.8 Å². The van der Waals surface area contributed by atoms with Crippen molar-refractivity contribution >= 4 is 21.8 Å². The van der Waals surface area contributed by atoms with E-state index in [2.05, 4.69) is 21.2 Å². The molecule has 1 unspecified atom stereocenters. The van der Waals surface area contributed by atoms with Crippen molar-refractivity contribution in [2.24, 2.45) is 11.1 Å². The predicted octanol–water partition coefficient (Wildman–Crippen LogP) is 3.00. The lowest BCUT2D eigenvalue weighted by Gasteiger charge is -2.27. The van der Waals surface area contributed by atoms with Crippen molar-refractivity contribution in [2.75, 3.05) is 0 Å². The second kappa shape index (κ2) is 5.85. The number of nitrogens with one attached hydrogen (secondary N) is 1. The summed E-state index contributed by atoms with van der Waals surface area (Å²) < 4.78 is 1.00. The van der Waals surface area contributed by atoms with E-state index >= 15 is 0 Å². The van der Waals surface area contributed by atoms with Crippen LogP contribution in [0.25, 0.3) is 0 Å². The van der Waals surface area contributed by atoms with Crippen molar-refractivity contribution in [3.05, 3.63) is 34.3 Å². The van der Waals surface area contributed by atoms with Gasteiger partial charge in [-0.3, -0.25) is 4.79 Å². The molecule has 0 bridgehead atoms. The predicted molar refractivity (Wildman–Crippen MR) is 78.1 cm³/mol. The fourth-order valence-electron chi connectivity index (χ4n) is 1.56. The van der Waals surface area contributed by atoms with Crippen molar-refractivity contribution in [1.29, 1.82) is 0 Å². The minimum absolute atomic E-state index is 0.0524. The Morgan fingerprint density at radius 2 is 2.00 bits per heavy atom. The first-order chi connectivity index (χ1) is 8.21. The van der Waals surface area contributed by atoms with E-state index in [1.54, 1.807) is 0 Å². The van der Waals surface area contributed by atoms with Crippen molar-refractivity contribution in [3.8, 4) is 0 Å². The molecule has 1 aromatic rings. The van der Waals surface area contributed by atoms with Gasteiger partial charge in [0.15, 0.2) is 0 Å². The summed E-state index contributed by atoms with van der Waals surface area (Å²) in [5.41, 5.74) is 6.75. The zero-order chi connectivity index (χ0) is 13.9. The van der Waals surface area contributed by atoms with Crippen LogP contribution in [-0.2, 0) is 4.79 Å². The number of amides is 1. The maximum absolute atomic E-state index is 12.0. The lowest BCUT2D eigenvalue weighted by Crippen LogP contribution is -2.49. The first-order valence-corrected chi connectivity index (χ1v) is 6.82. The van der Waals surface area contributed by atoms with Crippen molar-refractivity contribution in [1.82, 2.24) is 5.32 Å². The van der Waals surface area contributed by atoms with Crippen LogP contribution in [0, 0.1) is 5.41 Å². The third-order valence-electron chi connectivity index (χ3n) is 2.92. The molecule has 0 spiro atoms. The molecule has 1 aromatic carbocycles. The highest BCUT2D eigenvalue weighted by Gasteiger charge is 2.28. The van der Waals surface area contributed by atoms with Crippen molar-refractivity contribution in [2.45, 2.75) is 39.8 Å². The number of carbonyl (C=O) groups is 1. The fraction of sp³-hybridized carbons (Fsp3) is 0.500. The van der Waals surface area contributed by atoms with Crippen LogP contribution in [0.1, 0.15) is 39.3 Å². The lowest BCUT2D eigenvalue weighted by atomic mass is 9.86. The third-order valence-corrected chi connectivity index (χ3v) is 3.42. The van der Waals surface area contributed by atoms with E-state index in [1.807, 2.05) is 52.0 Å². The number of hydrogen-bond acceptors (Lipinski definition) is 2. The standard InChI is InChI=1S/C14H21BrN2O/c1-9(10-6-5-7-11(15)8-10)17-13(18)12(16)14(2,3)4/h5-9,12H,16H2,1-4H3,(H,17,18)/t9?,12-/m0/s1. The summed E-state index contributed by atoms with van der Waals surface area (Å²) in [4.78, 5) is 12.0. The molecule has 2 atom stereocenters. The van der Waals surface area contributed by atoms with Gasteiger partial charge in [-0.05, 0) is 30.0 Å². The number of benzene rings is 1. The topological polar surface area (TPSA) is 55.1 Å². The zero-order valence-corrected chi connectivity index (χ0v) is 12.9. The Morgan fingerprint density at radius 3 is 2.50 bits per heavy atom. The quantitative estimate of drug-likeness (QED) is 0.901. The maximum atomic E-state index is 12.0. The van der Waals surface area contributed by atoms with Crippen molar-refractivity contribution in [3.63, 3.8) is 0 Å². The van der Waals surface area contributed by atoms with E-state index < -0.39 is 6.04 Å². The monoisotopic (exact) mass is 312 g/mol. The maximum Gasteiger partial charge on any atom is 0.237 e. The molecule has 100 valence electrons. The van der Waals surface area contributed by atoms with Gasteiger partial charge in [0.05, 0.1) is 12.1 Å². The van der Waals surface area contributed by atoms with Gasteiger partial charge in [-0.15, -0.1) is 0 Å². The highest BCUT2D eigenvalue weighted by Crippen LogP contribution is 2.20. The molecule has 1 amide bonds. The van der Waals surface area contributed by atoms with Crippen LogP contribution in [0.15, 0.2) is 28.7 Å². The summed E-state index contributed by atoms with van der Waals surface area (Å²) in [6.45, 7) is 7.83. The normalized spacial score (nSPS) is 15.0. The first kappa shape index (κ1) is 15.2. The second-order valence-corrected chi connectivity index (χ2v) is 6.54. The average molecular weight is 313 g/mol. The summed E-state index contributed by atoms with van der Waals surface area (Å²) in [6.07, 6.45) is 0. The number of hydrogen-bond donors (Lipinski definition) is 2. The van der Waals surface area contributed by atoms with Crippen LogP contribution in [0.5, 0.6) is 0 Å². The molecule has 0 fully saturated rings. The molecule has 0 saturated heterocycles. The summed E-state index contributed by atoms with van der Waals surface area (Å²) in [5, 5.41) is 2.94. The third kappa shape index (κ3) is 4.10. The summed E-state index contributed by atoms with van der Waals surface area (Å²) in [6, 6.07) is 7.33. The van der Waals surface area contributed by atoms with E-state index in [1.165, 1.54) is 0 Å². The molecule has 18 heavy (non-hydrogen) atoms. The molecule has 0 heterocycles. The Morgan fingerprint density at radius 1 is 1.39 bits per heavy atom. The van der Waals surface area contributed by atoms with Crippen LogP contribution < -0.4 is 11.1 Å². The van der Waals surface area contributed by atoms with Gasteiger partial charge in [0.1, 0.15) is 0 Å². The number of rotatable bonds is 3. The highest BCUT2D eigenvalue weighted by molar-refractivity contribution is 9.10. The van der Waals surface area contributed by atoms with Crippen LogP contribution in [0.4, 0.5) is 0 Å². The van der Waals surface area contributed by atoms with Gasteiger partial charge in [-0.2, -0.15) is 0 Å². The van der Waals surface area contributed by atoms with E-state index in [0.29, 0.717) is 0 Å².